The molecular weight excluding hydrogens is 402 g/mol. The van der Waals surface area contributed by atoms with E-state index in [4.69, 9.17) is 16.3 Å². The molecule has 0 aliphatic rings. The van der Waals surface area contributed by atoms with Gasteiger partial charge in [0, 0.05) is 35.9 Å². The highest BCUT2D eigenvalue weighted by molar-refractivity contribution is 14.1. The fourth-order valence-corrected chi connectivity index (χ4v) is 1.82. The number of carbonyl (C=O) groups excluding carboxylic acids is 1. The molecule has 0 aromatic heterocycles. The summed E-state index contributed by atoms with van der Waals surface area (Å²) < 4.78 is 5.84. The zero-order valence-electron chi connectivity index (χ0n) is 10.5. The molecule has 1 rings (SSSR count). The average molecular weight is 419 g/mol. The molecule has 1 aromatic carbocycles. The van der Waals surface area contributed by atoms with Crippen molar-refractivity contribution < 1.29 is 9.53 Å². The second kappa shape index (κ2) is 10.7. The summed E-state index contributed by atoms with van der Waals surface area (Å²) in [6.07, 6.45) is 0. The van der Waals surface area contributed by atoms with Crippen molar-refractivity contribution in [2.24, 2.45) is 0 Å². The first kappa shape index (κ1) is 18.9. The van der Waals surface area contributed by atoms with E-state index in [1.807, 2.05) is 6.07 Å². The van der Waals surface area contributed by atoms with Gasteiger partial charge < -0.3 is 15.4 Å². The van der Waals surface area contributed by atoms with Gasteiger partial charge in [-0.1, -0.05) is 11.6 Å². The van der Waals surface area contributed by atoms with Crippen molar-refractivity contribution in [2.75, 3.05) is 33.4 Å². The number of rotatable bonds is 7. The van der Waals surface area contributed by atoms with Gasteiger partial charge >= 0.3 is 0 Å². The highest BCUT2D eigenvalue weighted by atomic mass is 127. The Hall–Kier alpha value is -0.0800. The normalized spacial score (nSPS) is 9.84. The molecule has 0 radical (unpaired) electrons. The first-order valence-corrected chi connectivity index (χ1v) is 7.03. The number of carbonyl (C=O) groups is 1. The van der Waals surface area contributed by atoms with Crippen LogP contribution in [0.2, 0.25) is 5.02 Å². The smallest absolute Gasteiger partial charge is 0.251 e. The van der Waals surface area contributed by atoms with Crippen LogP contribution in [0.25, 0.3) is 0 Å². The molecule has 0 fully saturated rings. The van der Waals surface area contributed by atoms with Crippen LogP contribution in [-0.4, -0.2) is 39.3 Å². The molecule has 4 nitrogen and oxygen atoms in total. The molecule has 0 saturated heterocycles. The van der Waals surface area contributed by atoms with Crippen molar-refractivity contribution in [3.8, 4) is 0 Å². The van der Waals surface area contributed by atoms with Gasteiger partial charge in [-0.15, -0.1) is 12.4 Å². The van der Waals surface area contributed by atoms with E-state index in [0.717, 1.165) is 10.1 Å². The minimum Gasteiger partial charge on any atom is -0.383 e. The second-order valence-corrected chi connectivity index (χ2v) is 5.20. The van der Waals surface area contributed by atoms with E-state index in [1.165, 1.54) is 0 Å². The zero-order chi connectivity index (χ0) is 13.4. The van der Waals surface area contributed by atoms with E-state index in [1.54, 1.807) is 19.2 Å². The largest absolute Gasteiger partial charge is 0.383 e. The Balaban J connectivity index is 0.00000324. The number of benzene rings is 1. The maximum absolute atomic E-state index is 11.8. The molecule has 0 spiro atoms. The predicted octanol–water partition coefficient (Wildman–Crippen LogP) is 2.33. The van der Waals surface area contributed by atoms with E-state index in [-0.39, 0.29) is 18.3 Å². The SMILES string of the molecule is COCCNCCNC(=O)c1ccc(I)c(Cl)c1.Cl. The second-order valence-electron chi connectivity index (χ2n) is 3.63. The molecule has 0 atom stereocenters. The monoisotopic (exact) mass is 418 g/mol. The summed E-state index contributed by atoms with van der Waals surface area (Å²) in [4.78, 5) is 11.8. The minimum absolute atomic E-state index is 0. The van der Waals surface area contributed by atoms with Crippen molar-refractivity contribution >= 4 is 52.5 Å². The predicted molar refractivity (Wildman–Crippen MR) is 88.5 cm³/mol. The summed E-state index contributed by atoms with van der Waals surface area (Å²) in [6.45, 7) is 2.74. The third kappa shape index (κ3) is 7.31. The standard InChI is InChI=1S/C12H16ClIN2O2.ClH/c1-18-7-6-15-4-5-16-12(17)9-2-3-11(14)10(13)8-9;/h2-3,8,15H,4-7H2,1H3,(H,16,17);1H. The van der Waals surface area contributed by atoms with Crippen LogP contribution in [0.15, 0.2) is 18.2 Å². The van der Waals surface area contributed by atoms with Gasteiger partial charge in [-0.25, -0.2) is 0 Å². The molecular formula is C12H17Cl2IN2O2. The van der Waals surface area contributed by atoms with Crippen molar-refractivity contribution in [2.45, 2.75) is 0 Å². The molecule has 0 aliphatic carbocycles. The lowest BCUT2D eigenvalue weighted by atomic mass is 10.2. The Morgan fingerprint density at radius 1 is 1.37 bits per heavy atom. The molecule has 0 aliphatic heterocycles. The quantitative estimate of drug-likeness (QED) is 0.527. The molecule has 108 valence electrons. The van der Waals surface area contributed by atoms with Crippen LogP contribution in [0.3, 0.4) is 0 Å². The molecule has 2 N–H and O–H groups in total. The number of hydrogen-bond acceptors (Lipinski definition) is 3. The first-order chi connectivity index (χ1) is 8.65. The fraction of sp³-hybridized carbons (Fsp3) is 0.417. The van der Waals surface area contributed by atoms with Gasteiger partial charge in [0.25, 0.3) is 5.91 Å². The summed E-state index contributed by atoms with van der Waals surface area (Å²) in [5, 5.41) is 6.56. The molecule has 19 heavy (non-hydrogen) atoms. The van der Waals surface area contributed by atoms with Crippen LogP contribution in [-0.2, 0) is 4.74 Å². The van der Waals surface area contributed by atoms with E-state index in [2.05, 4.69) is 33.2 Å². The first-order valence-electron chi connectivity index (χ1n) is 5.58. The van der Waals surface area contributed by atoms with E-state index < -0.39 is 0 Å². The average Bonchev–Trinajstić information content (AvgIpc) is 2.36. The van der Waals surface area contributed by atoms with Crippen LogP contribution >= 0.6 is 46.6 Å². The van der Waals surface area contributed by atoms with Gasteiger partial charge in [0.2, 0.25) is 0 Å². The highest BCUT2D eigenvalue weighted by Gasteiger charge is 2.06. The molecule has 0 bridgehead atoms. The zero-order valence-corrected chi connectivity index (χ0v) is 14.3. The lowest BCUT2D eigenvalue weighted by molar-refractivity contribution is 0.0953. The number of ether oxygens (including phenoxy) is 1. The number of methoxy groups -OCH3 is 1. The summed E-state index contributed by atoms with van der Waals surface area (Å²) in [5.41, 5.74) is 0.581. The van der Waals surface area contributed by atoms with Crippen molar-refractivity contribution in [3.05, 3.63) is 32.4 Å². The van der Waals surface area contributed by atoms with Gasteiger partial charge in [0.15, 0.2) is 0 Å². The maximum Gasteiger partial charge on any atom is 0.251 e. The van der Waals surface area contributed by atoms with E-state index in [9.17, 15) is 4.79 Å². The molecule has 0 heterocycles. The van der Waals surface area contributed by atoms with Crippen LogP contribution in [0.4, 0.5) is 0 Å². The Labute approximate surface area is 138 Å². The van der Waals surface area contributed by atoms with Crippen LogP contribution in [0, 0.1) is 3.57 Å². The van der Waals surface area contributed by atoms with Gasteiger partial charge in [0.1, 0.15) is 0 Å². The third-order valence-corrected chi connectivity index (χ3v) is 3.82. The Morgan fingerprint density at radius 3 is 2.74 bits per heavy atom. The maximum atomic E-state index is 11.8. The molecule has 1 aromatic rings. The molecule has 1 amide bonds. The molecule has 0 unspecified atom stereocenters. The van der Waals surface area contributed by atoms with E-state index >= 15 is 0 Å². The van der Waals surface area contributed by atoms with Crippen LogP contribution in [0.1, 0.15) is 10.4 Å². The van der Waals surface area contributed by atoms with Gasteiger partial charge in [-0.05, 0) is 40.8 Å². The van der Waals surface area contributed by atoms with Crippen molar-refractivity contribution in [3.63, 3.8) is 0 Å². The lowest BCUT2D eigenvalue weighted by Gasteiger charge is -2.07. The molecule has 0 saturated carbocycles. The Kier molecular flexibility index (Phi) is 10.6. The summed E-state index contributed by atoms with van der Waals surface area (Å²) in [5.74, 6) is -0.109. The summed E-state index contributed by atoms with van der Waals surface area (Å²) in [6, 6.07) is 5.27. The number of nitrogens with one attached hydrogen (secondary N) is 2. The summed E-state index contributed by atoms with van der Waals surface area (Å²) >= 11 is 8.09. The minimum atomic E-state index is -0.109. The van der Waals surface area contributed by atoms with Crippen molar-refractivity contribution in [1.82, 2.24) is 10.6 Å². The van der Waals surface area contributed by atoms with Gasteiger partial charge in [-0.2, -0.15) is 0 Å². The topological polar surface area (TPSA) is 50.4 Å². The highest BCUT2D eigenvalue weighted by Crippen LogP contribution is 2.19. The van der Waals surface area contributed by atoms with Gasteiger partial charge in [-0.3, -0.25) is 4.79 Å². The Morgan fingerprint density at radius 2 is 2.11 bits per heavy atom. The fourth-order valence-electron chi connectivity index (χ4n) is 1.30. The van der Waals surface area contributed by atoms with E-state index in [0.29, 0.717) is 30.3 Å². The third-order valence-electron chi connectivity index (χ3n) is 2.25. The lowest BCUT2D eigenvalue weighted by Crippen LogP contribution is -2.33. The Bertz CT molecular complexity index is 405. The van der Waals surface area contributed by atoms with Crippen LogP contribution < -0.4 is 10.6 Å². The summed E-state index contributed by atoms with van der Waals surface area (Å²) in [7, 11) is 1.66. The number of hydrogen-bond donors (Lipinski definition) is 2. The van der Waals surface area contributed by atoms with Crippen molar-refractivity contribution in [1.29, 1.82) is 0 Å². The number of amides is 1. The van der Waals surface area contributed by atoms with Crippen LogP contribution in [0.5, 0.6) is 0 Å². The number of halogens is 3. The van der Waals surface area contributed by atoms with Gasteiger partial charge in [0.05, 0.1) is 11.6 Å². The molecule has 7 heteroatoms.